The number of carbonyl (C=O) groups excluding carboxylic acids is 1. The molecule has 0 fully saturated rings. The van der Waals surface area contributed by atoms with Crippen molar-refractivity contribution >= 4 is 35.1 Å². The Bertz CT molecular complexity index is 2030. The molecule has 0 aliphatic carbocycles. The zero-order valence-corrected chi connectivity index (χ0v) is 33.3. The molecule has 10 nitrogen and oxygen atoms in total. The predicted molar refractivity (Wildman–Crippen MR) is 215 cm³/mol. The van der Waals surface area contributed by atoms with Gasteiger partial charge in [0.05, 0.1) is 30.4 Å². The van der Waals surface area contributed by atoms with Gasteiger partial charge in [-0.05, 0) is 110 Å². The van der Waals surface area contributed by atoms with Crippen molar-refractivity contribution in [2.45, 2.75) is 33.6 Å². The Morgan fingerprint density at radius 2 is 1.30 bits per heavy atom. The second-order valence-corrected chi connectivity index (χ2v) is 13.6. The molecule has 2 aromatic heterocycles. The first-order valence-electron chi connectivity index (χ1n) is 17.2. The number of aromatic carboxylic acids is 1. The molecular weight excluding hydrogens is 727 g/mol. The van der Waals surface area contributed by atoms with Crippen molar-refractivity contribution in [3.8, 4) is 58.7 Å². The summed E-state index contributed by atoms with van der Waals surface area (Å²) in [4.78, 5) is 36.4. The minimum atomic E-state index is -1.09. The largest absolute Gasteiger partial charge is 0.491 e. The molecule has 12 heteroatoms. The Morgan fingerprint density at radius 3 is 1.80 bits per heavy atom. The summed E-state index contributed by atoms with van der Waals surface area (Å²) in [5, 5.41) is 10.0. The number of rotatable bonds is 15. The van der Waals surface area contributed by atoms with E-state index in [1.165, 1.54) is 6.07 Å². The summed E-state index contributed by atoms with van der Waals surface area (Å²) in [7, 11) is 8.00. The number of terminal acetylenes is 2. The van der Waals surface area contributed by atoms with E-state index in [0.717, 1.165) is 42.6 Å². The number of carboxylic acid groups (broad SMARTS) is 1. The minimum Gasteiger partial charge on any atom is -0.491 e. The number of nitrogens with zero attached hydrogens (tertiary/aromatic N) is 4. The zero-order chi connectivity index (χ0) is 39.9. The lowest BCUT2D eigenvalue weighted by atomic mass is 9.96. The van der Waals surface area contributed by atoms with Crippen molar-refractivity contribution in [1.82, 2.24) is 19.8 Å². The van der Waals surface area contributed by atoms with Crippen molar-refractivity contribution < 1.29 is 28.9 Å². The highest BCUT2D eigenvalue weighted by Gasteiger charge is 2.20. The molecule has 0 atom stereocenters. The molecule has 0 spiro atoms. The van der Waals surface area contributed by atoms with Crippen LogP contribution in [-0.2, 0) is 4.74 Å². The van der Waals surface area contributed by atoms with Crippen molar-refractivity contribution in [1.29, 1.82) is 0 Å². The van der Waals surface area contributed by atoms with Crippen LogP contribution in [0.3, 0.4) is 0 Å². The number of carbonyl (C=O) groups is 2. The monoisotopic (exact) mass is 772 g/mol. The molecule has 0 saturated heterocycles. The number of benzene rings is 2. The third-order valence-corrected chi connectivity index (χ3v) is 8.28. The lowest BCUT2D eigenvalue weighted by Gasteiger charge is -2.15. The van der Waals surface area contributed by atoms with Gasteiger partial charge in [0.2, 0.25) is 0 Å². The maximum Gasteiger partial charge on any atom is 0.356 e. The van der Waals surface area contributed by atoms with Gasteiger partial charge in [-0.15, -0.1) is 12.8 Å². The molecule has 0 bridgehead atoms. The van der Waals surface area contributed by atoms with Gasteiger partial charge in [0.15, 0.2) is 0 Å². The number of hydrogen-bond donors (Lipinski definition) is 1. The van der Waals surface area contributed by atoms with Gasteiger partial charge in [0.1, 0.15) is 34.3 Å². The van der Waals surface area contributed by atoms with Gasteiger partial charge in [0, 0.05) is 34.8 Å². The van der Waals surface area contributed by atoms with Crippen molar-refractivity contribution in [3.05, 3.63) is 92.2 Å². The van der Waals surface area contributed by atoms with Crippen LogP contribution in [0.15, 0.2) is 48.5 Å². The summed E-state index contributed by atoms with van der Waals surface area (Å²) in [6, 6.07) is 13.5. The quantitative estimate of drug-likeness (QED) is 0.0726. The Balaban J connectivity index is 0.000000291. The van der Waals surface area contributed by atoms with E-state index in [0.29, 0.717) is 62.8 Å². The van der Waals surface area contributed by atoms with Crippen molar-refractivity contribution in [3.63, 3.8) is 0 Å². The zero-order valence-electron chi connectivity index (χ0n) is 31.8. The van der Waals surface area contributed by atoms with E-state index < -0.39 is 11.9 Å². The molecule has 4 aromatic rings. The van der Waals surface area contributed by atoms with Crippen LogP contribution in [0.1, 0.15) is 63.0 Å². The highest BCUT2D eigenvalue weighted by molar-refractivity contribution is 6.36. The van der Waals surface area contributed by atoms with Crippen LogP contribution in [0.25, 0.3) is 22.5 Å². The molecule has 1 N–H and O–H groups in total. The van der Waals surface area contributed by atoms with Crippen LogP contribution in [0.4, 0.5) is 0 Å². The fourth-order valence-electron chi connectivity index (χ4n) is 5.33. The molecule has 0 unspecified atom stereocenters. The number of halogens is 2. The van der Waals surface area contributed by atoms with Crippen molar-refractivity contribution in [2.24, 2.45) is 0 Å². The number of hydrogen-bond acceptors (Lipinski definition) is 9. The summed E-state index contributed by atoms with van der Waals surface area (Å²) in [5.74, 6) is 4.67. The molecule has 54 heavy (non-hydrogen) atoms. The first kappa shape index (κ1) is 43.3. The molecule has 0 radical (unpaired) electrons. The van der Waals surface area contributed by atoms with E-state index in [-0.39, 0.29) is 18.0 Å². The summed E-state index contributed by atoms with van der Waals surface area (Å²) >= 11 is 12.4. The first-order valence-corrected chi connectivity index (χ1v) is 18.0. The maximum atomic E-state index is 12.1. The lowest BCUT2D eigenvalue weighted by Crippen LogP contribution is -2.16. The van der Waals surface area contributed by atoms with Gasteiger partial charge in [-0.1, -0.05) is 46.7 Å². The number of pyridine rings is 2. The fraction of sp³-hybridized carbons (Fsp3) is 0.333. The summed E-state index contributed by atoms with van der Waals surface area (Å²) < 4.78 is 16.9. The van der Waals surface area contributed by atoms with Gasteiger partial charge < -0.3 is 29.1 Å². The van der Waals surface area contributed by atoms with Crippen molar-refractivity contribution in [2.75, 3.05) is 61.1 Å². The predicted octanol–water partition coefficient (Wildman–Crippen LogP) is 7.92. The normalized spacial score (nSPS) is 10.6. The van der Waals surface area contributed by atoms with Gasteiger partial charge in [-0.3, -0.25) is 0 Å². The number of esters is 1. The van der Waals surface area contributed by atoms with E-state index in [2.05, 4.69) is 31.6 Å². The Kier molecular flexibility index (Phi) is 16.8. The Morgan fingerprint density at radius 1 is 0.778 bits per heavy atom. The van der Waals surface area contributed by atoms with Gasteiger partial charge in [0.25, 0.3) is 0 Å². The van der Waals surface area contributed by atoms with Crippen LogP contribution >= 0.6 is 23.2 Å². The first-order chi connectivity index (χ1) is 25.7. The smallest absolute Gasteiger partial charge is 0.356 e. The third-order valence-electron chi connectivity index (χ3n) is 7.77. The fourth-order valence-corrected chi connectivity index (χ4v) is 5.88. The average molecular weight is 774 g/mol. The minimum absolute atomic E-state index is 0.0391. The topological polar surface area (TPSA) is 114 Å². The summed E-state index contributed by atoms with van der Waals surface area (Å²) in [5.41, 5.74) is 5.31. The number of ether oxygens (including phenoxy) is 3. The second kappa shape index (κ2) is 21.0. The lowest BCUT2D eigenvalue weighted by molar-refractivity contribution is 0.0519. The van der Waals surface area contributed by atoms with E-state index >= 15 is 0 Å². The molecule has 0 aliphatic heterocycles. The molecule has 284 valence electrons. The molecule has 2 aromatic carbocycles. The van der Waals surface area contributed by atoms with Crippen LogP contribution in [0.2, 0.25) is 10.0 Å². The van der Waals surface area contributed by atoms with E-state index in [1.54, 1.807) is 37.3 Å². The summed E-state index contributed by atoms with van der Waals surface area (Å²) in [6.07, 6.45) is 13.0. The van der Waals surface area contributed by atoms with E-state index in [4.69, 9.17) is 50.3 Å². The molecule has 2 heterocycles. The SMILES string of the molecule is C#Cc1c(C)cc(C)cc1-c1nc(C(=O)O)ccc1OCCCN(C)C.C#Cc1c(Cl)cc(Cl)cc1-c1nc(C(=O)OCC)ccc1OCCCN(C)C. The van der Waals surface area contributed by atoms with E-state index in [1.807, 2.05) is 54.2 Å². The molecule has 0 aliphatic rings. The average Bonchev–Trinajstić information content (AvgIpc) is 3.11. The maximum absolute atomic E-state index is 12.1. The standard InChI is InChI=1S/C21H22Cl2N2O3.C21H24N2O3/c1-5-15-16(12-14(22)13-17(15)23)20-19(28-11-7-10-25(3)4)9-8-18(24-20)21(26)27-6-2;1-6-16-15(3)12-14(2)13-17(16)20-19(26-11-7-10-23(4)5)9-8-18(22-20)21(24)25/h1,8-9,12-13H,6-7,10-11H2,2-4H3;1,8-9,12-13H,7,10-11H2,2-5H3,(H,24,25). The highest BCUT2D eigenvalue weighted by atomic mass is 35.5. The number of carboxylic acids is 1. The third kappa shape index (κ3) is 12.2. The van der Waals surface area contributed by atoms with Crippen LogP contribution in [0, 0.1) is 38.5 Å². The van der Waals surface area contributed by atoms with Gasteiger partial charge >= 0.3 is 11.9 Å². The highest BCUT2D eigenvalue weighted by Crippen LogP contribution is 2.37. The van der Waals surface area contributed by atoms with E-state index in [9.17, 15) is 14.7 Å². The van der Waals surface area contributed by atoms with Crippen LogP contribution in [0.5, 0.6) is 11.5 Å². The molecular formula is C42H46Cl2N4O6. The Labute approximate surface area is 328 Å². The van der Waals surface area contributed by atoms with Crippen LogP contribution in [-0.4, -0.2) is 97.9 Å². The number of aromatic nitrogens is 2. The molecule has 0 saturated carbocycles. The van der Waals surface area contributed by atoms with Crippen LogP contribution < -0.4 is 9.47 Å². The Hall–Kier alpha value is -5.10. The summed E-state index contributed by atoms with van der Waals surface area (Å²) in [6.45, 7) is 8.64. The number of aryl methyl sites for hydroxylation is 2. The molecule has 4 rings (SSSR count). The second-order valence-electron chi connectivity index (χ2n) is 12.7. The van der Waals surface area contributed by atoms with Gasteiger partial charge in [-0.25, -0.2) is 19.6 Å². The van der Waals surface area contributed by atoms with Gasteiger partial charge in [-0.2, -0.15) is 0 Å². The molecule has 0 amide bonds.